The van der Waals surface area contributed by atoms with Gasteiger partial charge in [0.05, 0.1) is 16.2 Å². The summed E-state index contributed by atoms with van der Waals surface area (Å²) in [6.45, 7) is 0. The highest BCUT2D eigenvalue weighted by atomic mass is 32.2. The summed E-state index contributed by atoms with van der Waals surface area (Å²) in [7, 11) is -3.17. The maximum absolute atomic E-state index is 11.9. The fraction of sp³-hybridized carbons (Fsp3) is 0.125. The molecule has 1 N–H and O–H groups in total. The molecule has 0 saturated heterocycles. The average molecular weight is 328 g/mol. The van der Waals surface area contributed by atoms with Crippen LogP contribution in [0.2, 0.25) is 0 Å². The largest absolute Gasteiger partial charge is 0.478 e. The Labute approximate surface area is 131 Å². The van der Waals surface area contributed by atoms with Gasteiger partial charge < -0.3 is 9.51 Å². The molecule has 3 aromatic rings. The van der Waals surface area contributed by atoms with E-state index >= 15 is 0 Å². The van der Waals surface area contributed by atoms with Gasteiger partial charge in [0, 0.05) is 24.2 Å². The molecule has 2 aromatic heterocycles. The van der Waals surface area contributed by atoms with Gasteiger partial charge in [-0.15, -0.1) is 0 Å². The van der Waals surface area contributed by atoms with E-state index in [0.29, 0.717) is 22.5 Å². The van der Waals surface area contributed by atoms with Crippen LogP contribution < -0.4 is 0 Å². The van der Waals surface area contributed by atoms with Crippen molar-refractivity contribution in [3.05, 3.63) is 54.0 Å². The van der Waals surface area contributed by atoms with Crippen molar-refractivity contribution >= 4 is 21.5 Å². The SMILES string of the molecule is O=C(O)c1cc(-c2ccc3c(c2)CCS3(=O)=O)c2nccn2c1. The monoisotopic (exact) mass is 328 g/mol. The smallest absolute Gasteiger partial charge is 0.337 e. The molecule has 0 spiro atoms. The first-order valence-corrected chi connectivity index (χ1v) is 8.67. The summed E-state index contributed by atoms with van der Waals surface area (Å²) in [6, 6.07) is 6.68. The number of fused-ring (bicyclic) bond motifs is 2. The van der Waals surface area contributed by atoms with Gasteiger partial charge in [0.25, 0.3) is 0 Å². The van der Waals surface area contributed by atoms with Crippen LogP contribution in [0.3, 0.4) is 0 Å². The first-order valence-electron chi connectivity index (χ1n) is 7.02. The highest BCUT2D eigenvalue weighted by Gasteiger charge is 2.26. The molecule has 0 bridgehead atoms. The molecule has 1 aromatic carbocycles. The zero-order chi connectivity index (χ0) is 16.2. The fourth-order valence-corrected chi connectivity index (χ4v) is 4.51. The summed E-state index contributed by atoms with van der Waals surface area (Å²) in [5.41, 5.74) is 2.99. The fourth-order valence-electron chi connectivity index (χ4n) is 2.96. The second kappa shape index (κ2) is 4.66. The van der Waals surface area contributed by atoms with Crippen LogP contribution in [0.25, 0.3) is 16.8 Å². The standard InChI is InChI=1S/C16H12N2O4S/c19-16(20)12-8-13(15-17-4-5-18(15)9-12)10-1-2-14-11(7-10)3-6-23(14,21)22/h1-2,4-5,7-9H,3,6H2,(H,19,20). The molecule has 116 valence electrons. The number of aromatic carboxylic acids is 1. The van der Waals surface area contributed by atoms with Gasteiger partial charge in [-0.05, 0) is 35.7 Å². The van der Waals surface area contributed by atoms with E-state index in [1.165, 1.54) is 6.20 Å². The van der Waals surface area contributed by atoms with E-state index < -0.39 is 15.8 Å². The van der Waals surface area contributed by atoms with E-state index in [9.17, 15) is 18.3 Å². The lowest BCUT2D eigenvalue weighted by molar-refractivity contribution is 0.0696. The van der Waals surface area contributed by atoms with Crippen molar-refractivity contribution in [2.75, 3.05) is 5.75 Å². The van der Waals surface area contributed by atoms with Crippen molar-refractivity contribution in [2.24, 2.45) is 0 Å². The number of hydrogen-bond acceptors (Lipinski definition) is 4. The lowest BCUT2D eigenvalue weighted by atomic mass is 10.0. The Morgan fingerprint density at radius 3 is 2.87 bits per heavy atom. The number of carboxylic acids is 1. The van der Waals surface area contributed by atoms with Crippen LogP contribution in [0.5, 0.6) is 0 Å². The molecule has 0 fully saturated rings. The van der Waals surface area contributed by atoms with Crippen molar-refractivity contribution in [3.8, 4) is 11.1 Å². The third-order valence-corrected chi connectivity index (χ3v) is 5.89. The predicted octanol–water partition coefficient (Wildman–Crippen LogP) is 2.03. The third kappa shape index (κ3) is 2.12. The molecule has 0 radical (unpaired) electrons. The third-order valence-electron chi connectivity index (χ3n) is 4.08. The Balaban J connectivity index is 1.96. The van der Waals surface area contributed by atoms with Crippen molar-refractivity contribution in [3.63, 3.8) is 0 Å². The van der Waals surface area contributed by atoms with Crippen LogP contribution in [-0.4, -0.2) is 34.6 Å². The molecule has 0 aliphatic carbocycles. The normalized spacial score (nSPS) is 15.7. The maximum Gasteiger partial charge on any atom is 0.337 e. The van der Waals surface area contributed by atoms with Crippen LogP contribution in [-0.2, 0) is 16.3 Å². The molecule has 1 aliphatic heterocycles. The molecule has 0 saturated carbocycles. The van der Waals surface area contributed by atoms with Crippen molar-refractivity contribution in [1.82, 2.24) is 9.38 Å². The van der Waals surface area contributed by atoms with Crippen LogP contribution in [0.15, 0.2) is 47.8 Å². The van der Waals surface area contributed by atoms with E-state index in [-0.39, 0.29) is 11.3 Å². The van der Waals surface area contributed by atoms with Gasteiger partial charge in [-0.3, -0.25) is 0 Å². The molecule has 0 amide bonds. The summed E-state index contributed by atoms with van der Waals surface area (Å²) >= 11 is 0. The average Bonchev–Trinajstić information content (AvgIpc) is 3.10. The number of sulfone groups is 1. The number of benzene rings is 1. The molecule has 3 heterocycles. The summed E-state index contributed by atoms with van der Waals surface area (Å²) in [5, 5.41) is 9.26. The minimum absolute atomic E-state index is 0.125. The lowest BCUT2D eigenvalue weighted by Crippen LogP contribution is -2.01. The molecule has 0 atom stereocenters. The van der Waals surface area contributed by atoms with Crippen LogP contribution >= 0.6 is 0 Å². The maximum atomic E-state index is 11.9. The van der Waals surface area contributed by atoms with Gasteiger partial charge in [0.15, 0.2) is 9.84 Å². The van der Waals surface area contributed by atoms with E-state index in [4.69, 9.17) is 0 Å². The molecule has 23 heavy (non-hydrogen) atoms. The Morgan fingerprint density at radius 1 is 1.26 bits per heavy atom. The number of aryl methyl sites for hydroxylation is 1. The topological polar surface area (TPSA) is 88.7 Å². The number of nitrogens with zero attached hydrogens (tertiary/aromatic N) is 2. The predicted molar refractivity (Wildman–Crippen MR) is 83.3 cm³/mol. The molecule has 1 aliphatic rings. The molecular formula is C16H12N2O4S. The van der Waals surface area contributed by atoms with Crippen LogP contribution in [0.4, 0.5) is 0 Å². The van der Waals surface area contributed by atoms with Gasteiger partial charge in [-0.25, -0.2) is 18.2 Å². The minimum Gasteiger partial charge on any atom is -0.478 e. The molecule has 4 rings (SSSR count). The molecule has 0 unspecified atom stereocenters. The number of rotatable bonds is 2. The van der Waals surface area contributed by atoms with Crippen molar-refractivity contribution in [2.45, 2.75) is 11.3 Å². The summed E-state index contributed by atoms with van der Waals surface area (Å²) in [5.74, 6) is -0.898. The first-order chi connectivity index (χ1) is 11.0. The Bertz CT molecular complexity index is 1070. The number of imidazole rings is 1. The Kier molecular flexibility index (Phi) is 2.83. The van der Waals surface area contributed by atoms with Crippen molar-refractivity contribution < 1.29 is 18.3 Å². The van der Waals surface area contributed by atoms with E-state index in [0.717, 1.165) is 11.1 Å². The molecule has 7 heteroatoms. The van der Waals surface area contributed by atoms with E-state index in [1.54, 1.807) is 35.0 Å². The Morgan fingerprint density at radius 2 is 2.09 bits per heavy atom. The number of pyridine rings is 1. The number of hydrogen-bond donors (Lipinski definition) is 1. The van der Waals surface area contributed by atoms with Gasteiger partial charge >= 0.3 is 5.97 Å². The number of carbonyl (C=O) groups is 1. The second-order valence-electron chi connectivity index (χ2n) is 5.50. The van der Waals surface area contributed by atoms with Gasteiger partial charge in [0.2, 0.25) is 0 Å². The zero-order valence-electron chi connectivity index (χ0n) is 11.9. The first kappa shape index (κ1) is 14.0. The highest BCUT2D eigenvalue weighted by Crippen LogP contribution is 2.32. The summed E-state index contributed by atoms with van der Waals surface area (Å²) < 4.78 is 25.5. The van der Waals surface area contributed by atoms with E-state index in [2.05, 4.69) is 4.98 Å². The van der Waals surface area contributed by atoms with Gasteiger partial charge in [-0.1, -0.05) is 6.07 Å². The minimum atomic E-state index is -3.17. The second-order valence-corrected chi connectivity index (χ2v) is 7.57. The number of carboxylic acid groups (broad SMARTS) is 1. The van der Waals surface area contributed by atoms with Crippen LogP contribution in [0, 0.1) is 0 Å². The van der Waals surface area contributed by atoms with Gasteiger partial charge in [0.1, 0.15) is 5.65 Å². The zero-order valence-corrected chi connectivity index (χ0v) is 12.7. The number of aromatic nitrogens is 2. The summed E-state index contributed by atoms with van der Waals surface area (Å²) in [4.78, 5) is 15.9. The van der Waals surface area contributed by atoms with E-state index in [1.807, 2.05) is 6.07 Å². The van der Waals surface area contributed by atoms with Crippen molar-refractivity contribution in [1.29, 1.82) is 0 Å². The van der Waals surface area contributed by atoms with Crippen LogP contribution in [0.1, 0.15) is 15.9 Å². The van der Waals surface area contributed by atoms with Gasteiger partial charge in [-0.2, -0.15) is 0 Å². The summed E-state index contributed by atoms with van der Waals surface area (Å²) in [6.07, 6.45) is 5.27. The molecular weight excluding hydrogens is 316 g/mol. The Hall–Kier alpha value is -2.67. The highest BCUT2D eigenvalue weighted by molar-refractivity contribution is 7.91. The molecule has 6 nitrogen and oxygen atoms in total. The lowest BCUT2D eigenvalue weighted by Gasteiger charge is -2.08. The quantitative estimate of drug-likeness (QED) is 0.777.